The lowest BCUT2D eigenvalue weighted by molar-refractivity contribution is -0.870. The molecule has 0 aliphatic rings. The Morgan fingerprint density at radius 2 is 0.930 bits per heavy atom. The first-order valence-electron chi connectivity index (χ1n) is 24.6. The van der Waals surface area contributed by atoms with E-state index in [0.717, 1.165) is 32.1 Å². The molecule has 9 heteroatoms. The molecule has 0 heterocycles. The Labute approximate surface area is 354 Å². The number of amides is 1. The van der Waals surface area contributed by atoms with Gasteiger partial charge in [-0.1, -0.05) is 225 Å². The first kappa shape index (κ1) is 56.2. The lowest BCUT2D eigenvalue weighted by Crippen LogP contribution is -2.45. The molecule has 0 aliphatic heterocycles. The molecular weight excluding hydrogens is 732 g/mol. The van der Waals surface area contributed by atoms with Gasteiger partial charge in [-0.15, -0.1) is 0 Å². The molecule has 0 aliphatic carbocycles. The summed E-state index contributed by atoms with van der Waals surface area (Å²) in [5, 5.41) is 13.9. The summed E-state index contributed by atoms with van der Waals surface area (Å²) in [6.07, 6.45) is 47.1. The number of quaternary nitrogens is 1. The van der Waals surface area contributed by atoms with Gasteiger partial charge in [0.15, 0.2) is 0 Å². The highest BCUT2D eigenvalue weighted by Gasteiger charge is 2.27. The number of hydrogen-bond acceptors (Lipinski definition) is 5. The minimum absolute atomic E-state index is 0.0648. The van der Waals surface area contributed by atoms with Gasteiger partial charge < -0.3 is 19.8 Å². The molecule has 1 amide bonds. The molecule has 340 valence electrons. The third-order valence-corrected chi connectivity index (χ3v) is 12.2. The van der Waals surface area contributed by atoms with Crippen molar-refractivity contribution >= 4 is 13.7 Å². The van der Waals surface area contributed by atoms with Crippen LogP contribution in [0.4, 0.5) is 0 Å². The van der Waals surface area contributed by atoms with E-state index < -0.39 is 20.0 Å². The quantitative estimate of drug-likeness (QED) is 0.0244. The number of rotatable bonds is 45. The van der Waals surface area contributed by atoms with Crippen molar-refractivity contribution in [2.24, 2.45) is 0 Å². The van der Waals surface area contributed by atoms with Crippen molar-refractivity contribution in [1.82, 2.24) is 5.32 Å². The summed E-state index contributed by atoms with van der Waals surface area (Å²) in [4.78, 5) is 23.2. The zero-order chi connectivity index (χ0) is 42.1. The van der Waals surface area contributed by atoms with Gasteiger partial charge in [-0.3, -0.25) is 13.8 Å². The number of allylic oxidation sites excluding steroid dienone is 1. The zero-order valence-corrected chi connectivity index (χ0v) is 39.5. The topological polar surface area (TPSA) is 105 Å². The molecule has 57 heavy (non-hydrogen) atoms. The number of hydrogen-bond donors (Lipinski definition) is 3. The van der Waals surface area contributed by atoms with Crippen molar-refractivity contribution in [2.45, 2.75) is 251 Å². The van der Waals surface area contributed by atoms with Crippen LogP contribution in [0.15, 0.2) is 12.2 Å². The zero-order valence-electron chi connectivity index (χ0n) is 38.6. The summed E-state index contributed by atoms with van der Waals surface area (Å²) in [6, 6.07) is -0.840. The fourth-order valence-electron chi connectivity index (χ4n) is 7.34. The molecule has 0 saturated carbocycles. The Morgan fingerprint density at radius 3 is 1.30 bits per heavy atom. The smallest absolute Gasteiger partial charge is 0.387 e. The molecule has 0 aromatic rings. The van der Waals surface area contributed by atoms with E-state index in [1.807, 2.05) is 27.2 Å². The first-order valence-corrected chi connectivity index (χ1v) is 26.1. The number of carbonyl (C=O) groups excluding carboxylic acids is 1. The molecule has 0 rings (SSSR count). The number of aliphatic hydroxyl groups is 1. The Morgan fingerprint density at radius 1 is 0.579 bits per heavy atom. The number of likely N-dealkylation sites (N-methyl/N-ethyl adjacent to an activating group) is 1. The number of unbranched alkanes of at least 4 members (excludes halogenated alkanes) is 32. The molecule has 0 bridgehead atoms. The van der Waals surface area contributed by atoms with Crippen molar-refractivity contribution < 1.29 is 32.9 Å². The molecule has 0 fully saturated rings. The SMILES string of the molecule is CCCCCCCCCCCCCCCCCCCC/C=C/C(O)C(COP(=O)(O)OCC[N+](C)(C)C)NC(=O)CCCCCCCCCCCCCCCCC. The summed E-state index contributed by atoms with van der Waals surface area (Å²) in [6.45, 7) is 4.84. The minimum atomic E-state index is -4.33. The average molecular weight is 830 g/mol. The number of phosphoric ester groups is 1. The van der Waals surface area contributed by atoms with E-state index in [-0.39, 0.29) is 19.1 Å². The van der Waals surface area contributed by atoms with Gasteiger partial charge in [-0.25, -0.2) is 4.57 Å². The molecule has 3 unspecified atom stereocenters. The Balaban J connectivity index is 4.32. The first-order chi connectivity index (χ1) is 27.5. The maximum Gasteiger partial charge on any atom is 0.472 e. The third-order valence-electron chi connectivity index (χ3n) is 11.3. The molecule has 0 aromatic heterocycles. The number of nitrogens with zero attached hydrogens (tertiary/aromatic N) is 1. The van der Waals surface area contributed by atoms with Crippen LogP contribution in [0.1, 0.15) is 239 Å². The standard InChI is InChI=1S/C48H97N2O6P/c1-6-8-10-12-14-16-18-20-22-23-24-25-26-28-29-31-33-35-37-39-41-47(51)46(45-56-57(53,54)55-44-43-50(3,4)5)49-48(52)42-40-38-36-34-32-30-27-21-19-17-15-13-11-9-7-2/h39,41,46-47,51H,6-38,40,42-45H2,1-5H3,(H-,49,52,53,54)/p+1/b41-39+. The van der Waals surface area contributed by atoms with Crippen LogP contribution in [0.2, 0.25) is 0 Å². The van der Waals surface area contributed by atoms with Gasteiger partial charge in [0.05, 0.1) is 39.9 Å². The van der Waals surface area contributed by atoms with Crippen LogP contribution in [0, 0.1) is 0 Å². The summed E-state index contributed by atoms with van der Waals surface area (Å²) >= 11 is 0. The number of nitrogens with one attached hydrogen (secondary N) is 1. The lowest BCUT2D eigenvalue weighted by atomic mass is 10.0. The summed E-state index contributed by atoms with van der Waals surface area (Å²) in [5.41, 5.74) is 0. The Bertz CT molecular complexity index is 942. The number of aliphatic hydroxyl groups excluding tert-OH is 1. The maximum absolute atomic E-state index is 12.9. The van der Waals surface area contributed by atoms with E-state index in [1.54, 1.807) is 6.08 Å². The number of phosphoric acid groups is 1. The van der Waals surface area contributed by atoms with Gasteiger partial charge in [-0.05, 0) is 19.3 Å². The van der Waals surface area contributed by atoms with Crippen molar-refractivity contribution in [3.63, 3.8) is 0 Å². The van der Waals surface area contributed by atoms with E-state index in [4.69, 9.17) is 9.05 Å². The molecule has 3 atom stereocenters. The van der Waals surface area contributed by atoms with E-state index >= 15 is 0 Å². The van der Waals surface area contributed by atoms with Crippen molar-refractivity contribution in [3.05, 3.63) is 12.2 Å². The van der Waals surface area contributed by atoms with Crippen LogP contribution in [0.25, 0.3) is 0 Å². The van der Waals surface area contributed by atoms with Crippen LogP contribution in [0.3, 0.4) is 0 Å². The molecule has 0 radical (unpaired) electrons. The summed E-state index contributed by atoms with van der Waals surface area (Å²) in [5.74, 6) is -0.173. The van der Waals surface area contributed by atoms with Gasteiger partial charge in [0, 0.05) is 6.42 Å². The number of carbonyl (C=O) groups is 1. The van der Waals surface area contributed by atoms with Crippen molar-refractivity contribution in [1.29, 1.82) is 0 Å². The van der Waals surface area contributed by atoms with Crippen LogP contribution in [-0.4, -0.2) is 73.4 Å². The van der Waals surface area contributed by atoms with E-state index in [9.17, 15) is 19.4 Å². The van der Waals surface area contributed by atoms with Crippen LogP contribution in [-0.2, 0) is 18.4 Å². The van der Waals surface area contributed by atoms with E-state index in [0.29, 0.717) is 17.4 Å². The van der Waals surface area contributed by atoms with Crippen molar-refractivity contribution in [2.75, 3.05) is 40.9 Å². The molecule has 0 saturated heterocycles. The Kier molecular flexibility index (Phi) is 40.1. The lowest BCUT2D eigenvalue weighted by Gasteiger charge is -2.25. The molecular formula is C48H98N2O6P+. The monoisotopic (exact) mass is 830 g/mol. The average Bonchev–Trinajstić information content (AvgIpc) is 3.16. The van der Waals surface area contributed by atoms with Gasteiger partial charge in [-0.2, -0.15) is 0 Å². The maximum atomic E-state index is 12.9. The van der Waals surface area contributed by atoms with Gasteiger partial charge in [0.2, 0.25) is 5.91 Å². The fraction of sp³-hybridized carbons (Fsp3) is 0.938. The second kappa shape index (κ2) is 40.6. The summed E-state index contributed by atoms with van der Waals surface area (Å²) in [7, 11) is 1.58. The van der Waals surface area contributed by atoms with E-state index in [2.05, 4.69) is 19.2 Å². The van der Waals surface area contributed by atoms with E-state index in [1.165, 1.54) is 186 Å². The second-order valence-electron chi connectivity index (χ2n) is 18.2. The predicted molar refractivity (Wildman–Crippen MR) is 245 cm³/mol. The molecule has 3 N–H and O–H groups in total. The highest BCUT2D eigenvalue weighted by Crippen LogP contribution is 2.43. The predicted octanol–water partition coefficient (Wildman–Crippen LogP) is 13.9. The summed E-state index contributed by atoms with van der Waals surface area (Å²) < 4.78 is 23.6. The van der Waals surface area contributed by atoms with Crippen LogP contribution < -0.4 is 5.32 Å². The van der Waals surface area contributed by atoms with Gasteiger partial charge >= 0.3 is 7.82 Å². The van der Waals surface area contributed by atoms with Gasteiger partial charge in [0.25, 0.3) is 0 Å². The normalized spacial score (nSPS) is 14.3. The van der Waals surface area contributed by atoms with Crippen LogP contribution >= 0.6 is 7.82 Å². The largest absolute Gasteiger partial charge is 0.472 e. The molecule has 8 nitrogen and oxygen atoms in total. The molecule has 0 spiro atoms. The second-order valence-corrected chi connectivity index (χ2v) is 19.7. The van der Waals surface area contributed by atoms with Crippen LogP contribution in [0.5, 0.6) is 0 Å². The Hall–Kier alpha value is -0.760. The fourth-order valence-corrected chi connectivity index (χ4v) is 8.07. The highest BCUT2D eigenvalue weighted by molar-refractivity contribution is 7.47. The molecule has 0 aromatic carbocycles. The van der Waals surface area contributed by atoms with Crippen molar-refractivity contribution in [3.8, 4) is 0 Å². The highest BCUT2D eigenvalue weighted by atomic mass is 31.2. The van der Waals surface area contributed by atoms with Gasteiger partial charge in [0.1, 0.15) is 13.2 Å². The minimum Gasteiger partial charge on any atom is -0.387 e. The third kappa shape index (κ3) is 43.1.